The third kappa shape index (κ3) is 6.56. The van der Waals surface area contributed by atoms with E-state index < -0.39 is 17.2 Å². The summed E-state index contributed by atoms with van der Waals surface area (Å²) in [5.41, 5.74) is 7.17. The first-order chi connectivity index (χ1) is 19.3. The molecule has 5 rings (SSSR count). The van der Waals surface area contributed by atoms with Crippen molar-refractivity contribution in [1.29, 1.82) is 0 Å². The van der Waals surface area contributed by atoms with E-state index >= 15 is 4.39 Å². The summed E-state index contributed by atoms with van der Waals surface area (Å²) in [6.45, 7) is 9.75. The average Bonchev–Trinajstić information content (AvgIpc) is 3.41. The maximum Gasteiger partial charge on any atom is 0.249 e. The van der Waals surface area contributed by atoms with E-state index in [1.807, 2.05) is 27.7 Å². The minimum absolute atomic E-state index is 0.00725. The Morgan fingerprint density at radius 3 is 2.51 bits per heavy atom. The number of hydrogen-bond donors (Lipinski definition) is 1. The van der Waals surface area contributed by atoms with Crippen molar-refractivity contribution in [2.75, 3.05) is 12.3 Å². The molecule has 1 saturated heterocycles. The number of nitrogen functional groups attached to an aromatic ring is 1. The Morgan fingerprint density at radius 2 is 1.83 bits per heavy atom. The van der Waals surface area contributed by atoms with Crippen LogP contribution in [0.4, 0.5) is 10.1 Å². The van der Waals surface area contributed by atoms with Gasteiger partial charge in [0.1, 0.15) is 18.5 Å². The molecule has 2 aromatic carbocycles. The summed E-state index contributed by atoms with van der Waals surface area (Å²) in [5.74, 6) is -0.405. The highest BCUT2D eigenvalue weighted by Gasteiger charge is 2.47. The Balaban J connectivity index is 1.28. The molecule has 0 spiro atoms. The number of rotatable bonds is 8. The highest BCUT2D eigenvalue weighted by atomic mass is 35.5. The van der Waals surface area contributed by atoms with Crippen molar-refractivity contribution in [2.45, 2.75) is 58.5 Å². The van der Waals surface area contributed by atoms with Crippen LogP contribution in [0.2, 0.25) is 10.0 Å². The number of hydrogen-bond acceptors (Lipinski definition) is 9. The number of nitrogens with two attached hydrogens (primary N) is 1. The molecule has 1 aliphatic heterocycles. The van der Waals surface area contributed by atoms with Gasteiger partial charge in [0, 0.05) is 28.4 Å². The molecule has 0 bridgehead atoms. The predicted octanol–water partition coefficient (Wildman–Crippen LogP) is 7.16. The molecule has 1 atom stereocenters. The number of aryl methyl sites for hydroxylation is 1. The fraction of sp³-hybridized carbons (Fsp3) is 0.345. The molecular weight excluding hydrogens is 574 g/mol. The van der Waals surface area contributed by atoms with Gasteiger partial charge in [-0.3, -0.25) is 0 Å². The van der Waals surface area contributed by atoms with Crippen LogP contribution in [0.15, 0.2) is 46.9 Å². The lowest BCUT2D eigenvalue weighted by molar-refractivity contribution is -0.158. The van der Waals surface area contributed by atoms with Gasteiger partial charge in [-0.15, -0.1) is 10.2 Å². The molecule has 4 aromatic rings. The molecule has 3 heterocycles. The second-order valence-corrected chi connectivity index (χ2v) is 11.5. The van der Waals surface area contributed by atoms with Crippen molar-refractivity contribution >= 4 is 28.9 Å². The van der Waals surface area contributed by atoms with Gasteiger partial charge in [-0.2, -0.15) is 0 Å². The molecule has 0 radical (unpaired) electrons. The SMILES string of the molecule is Cc1nc(OC[C@@H]2OC(C)(C)OC2(C)C)ccc1-c1nnc(Cc2ccc(Cl)c(Oc3cc(N)cc(Cl)c3)c2F)o1. The van der Waals surface area contributed by atoms with Gasteiger partial charge >= 0.3 is 0 Å². The Hall–Kier alpha value is -3.44. The second-order valence-electron chi connectivity index (χ2n) is 10.7. The molecule has 1 fully saturated rings. The van der Waals surface area contributed by atoms with E-state index in [9.17, 15) is 0 Å². The van der Waals surface area contributed by atoms with Gasteiger partial charge in [-0.05, 0) is 58.9 Å². The van der Waals surface area contributed by atoms with E-state index in [2.05, 4.69) is 15.2 Å². The molecule has 9 nitrogen and oxygen atoms in total. The first-order valence-electron chi connectivity index (χ1n) is 12.8. The van der Waals surface area contributed by atoms with E-state index in [1.165, 1.54) is 24.3 Å². The number of benzene rings is 2. The van der Waals surface area contributed by atoms with Crippen LogP contribution < -0.4 is 15.2 Å². The number of nitrogens with zero attached hydrogens (tertiary/aromatic N) is 3. The van der Waals surface area contributed by atoms with Crippen LogP contribution in [0.3, 0.4) is 0 Å². The minimum Gasteiger partial charge on any atom is -0.475 e. The molecule has 0 saturated carbocycles. The zero-order chi connectivity index (χ0) is 29.5. The zero-order valence-corrected chi connectivity index (χ0v) is 24.6. The van der Waals surface area contributed by atoms with Crippen LogP contribution >= 0.6 is 23.2 Å². The fourth-order valence-corrected chi connectivity index (χ4v) is 5.03. The Labute approximate surface area is 246 Å². The van der Waals surface area contributed by atoms with Crippen molar-refractivity contribution in [3.63, 3.8) is 0 Å². The second kappa shape index (κ2) is 11.1. The molecule has 216 valence electrons. The van der Waals surface area contributed by atoms with Crippen LogP contribution in [-0.4, -0.2) is 39.3 Å². The Kier molecular flexibility index (Phi) is 7.86. The fourth-order valence-electron chi connectivity index (χ4n) is 4.61. The summed E-state index contributed by atoms with van der Waals surface area (Å²) in [4.78, 5) is 4.52. The van der Waals surface area contributed by atoms with Crippen molar-refractivity contribution in [3.05, 3.63) is 75.5 Å². The maximum absolute atomic E-state index is 15.4. The lowest BCUT2D eigenvalue weighted by atomic mass is 10.0. The van der Waals surface area contributed by atoms with Crippen molar-refractivity contribution in [1.82, 2.24) is 15.2 Å². The van der Waals surface area contributed by atoms with Crippen LogP contribution in [0, 0.1) is 12.7 Å². The zero-order valence-electron chi connectivity index (χ0n) is 23.1. The first-order valence-corrected chi connectivity index (χ1v) is 13.6. The van der Waals surface area contributed by atoms with Crippen LogP contribution in [-0.2, 0) is 15.9 Å². The largest absolute Gasteiger partial charge is 0.475 e. The molecule has 0 unspecified atom stereocenters. The highest BCUT2D eigenvalue weighted by Crippen LogP contribution is 2.37. The van der Waals surface area contributed by atoms with Crippen LogP contribution in [0.25, 0.3) is 11.5 Å². The number of anilines is 1. The summed E-state index contributed by atoms with van der Waals surface area (Å²) in [6.07, 6.45) is -0.256. The van der Waals surface area contributed by atoms with Gasteiger partial charge in [0.15, 0.2) is 17.4 Å². The lowest BCUT2D eigenvalue weighted by Crippen LogP contribution is -2.37. The van der Waals surface area contributed by atoms with Gasteiger partial charge < -0.3 is 29.1 Å². The summed E-state index contributed by atoms with van der Waals surface area (Å²) in [5, 5.41) is 8.65. The lowest BCUT2D eigenvalue weighted by Gasteiger charge is -2.23. The summed E-state index contributed by atoms with van der Waals surface area (Å²) in [6, 6.07) is 11.1. The standard InChI is InChI=1S/C29H29Cl2FN4O5/c1-15-20(7-9-23(34-15)37-14-22-28(2,3)41-29(4,5)40-22)27-36-35-24(39-27)10-16-6-8-21(31)26(25(16)32)38-19-12-17(30)11-18(33)13-19/h6-9,11-13,22H,10,14,33H2,1-5H3/t22-/m0/s1. The Bertz CT molecular complexity index is 1570. The van der Waals surface area contributed by atoms with E-state index in [1.54, 1.807) is 25.1 Å². The van der Waals surface area contributed by atoms with Gasteiger partial charge in [0.2, 0.25) is 17.7 Å². The predicted molar refractivity (Wildman–Crippen MR) is 152 cm³/mol. The summed E-state index contributed by atoms with van der Waals surface area (Å²) >= 11 is 12.3. The molecule has 2 N–H and O–H groups in total. The van der Waals surface area contributed by atoms with Crippen LogP contribution in [0.5, 0.6) is 17.4 Å². The van der Waals surface area contributed by atoms with E-state index in [0.717, 1.165) is 0 Å². The van der Waals surface area contributed by atoms with E-state index in [-0.39, 0.29) is 53.0 Å². The normalized spacial score (nSPS) is 17.5. The molecule has 41 heavy (non-hydrogen) atoms. The van der Waals surface area contributed by atoms with Crippen molar-refractivity contribution < 1.29 is 27.8 Å². The van der Waals surface area contributed by atoms with E-state index in [4.69, 9.17) is 52.3 Å². The van der Waals surface area contributed by atoms with Gasteiger partial charge in [-0.1, -0.05) is 29.3 Å². The van der Waals surface area contributed by atoms with Crippen LogP contribution in [0.1, 0.15) is 44.8 Å². The number of aromatic nitrogens is 3. The number of pyridine rings is 1. The molecule has 0 aliphatic carbocycles. The highest BCUT2D eigenvalue weighted by molar-refractivity contribution is 6.32. The Morgan fingerprint density at radius 1 is 1.05 bits per heavy atom. The maximum atomic E-state index is 15.4. The van der Waals surface area contributed by atoms with Crippen molar-refractivity contribution in [2.24, 2.45) is 0 Å². The summed E-state index contributed by atoms with van der Waals surface area (Å²) < 4.78 is 44.7. The molecule has 1 aliphatic rings. The van der Waals surface area contributed by atoms with Gasteiger partial charge in [-0.25, -0.2) is 9.37 Å². The monoisotopic (exact) mass is 602 g/mol. The molecule has 12 heteroatoms. The molecular formula is C29H29Cl2FN4O5. The third-order valence-corrected chi connectivity index (χ3v) is 6.95. The minimum atomic E-state index is -0.686. The first kappa shape index (κ1) is 29.1. The number of halogens is 3. The van der Waals surface area contributed by atoms with Crippen molar-refractivity contribution in [3.8, 4) is 28.8 Å². The quantitative estimate of drug-likeness (QED) is 0.210. The summed E-state index contributed by atoms with van der Waals surface area (Å²) in [7, 11) is 0. The smallest absolute Gasteiger partial charge is 0.249 e. The third-order valence-electron chi connectivity index (χ3n) is 6.43. The average molecular weight is 603 g/mol. The van der Waals surface area contributed by atoms with E-state index in [0.29, 0.717) is 27.8 Å². The molecule has 2 aromatic heterocycles. The van der Waals surface area contributed by atoms with Gasteiger partial charge in [0.05, 0.1) is 28.3 Å². The topological polar surface area (TPSA) is 115 Å². The number of ether oxygens (including phenoxy) is 4. The molecule has 0 amide bonds. The van der Waals surface area contributed by atoms with Gasteiger partial charge in [0.25, 0.3) is 0 Å².